The molecule has 0 saturated carbocycles. The number of nitrogens with two attached hydrogens (primary N) is 1. The third-order valence-electron chi connectivity index (χ3n) is 1.43. The molecular weight excluding hydrogens is 130 g/mol. The highest BCUT2D eigenvalue weighted by Crippen LogP contribution is 2.05. The van der Waals surface area contributed by atoms with Crippen molar-refractivity contribution in [3.05, 3.63) is 18.2 Å². The molecule has 3 N–H and O–H groups in total. The second kappa shape index (κ2) is 2.81. The molecular formula is C6H11N3O. The van der Waals surface area contributed by atoms with Crippen LogP contribution >= 0.6 is 0 Å². The Hall–Kier alpha value is -0.870. The van der Waals surface area contributed by atoms with Crippen molar-refractivity contribution in [3.63, 3.8) is 0 Å². The van der Waals surface area contributed by atoms with E-state index in [0.717, 1.165) is 5.69 Å². The predicted octanol–water partition coefficient (Wildman–Crippen LogP) is -0.588. The van der Waals surface area contributed by atoms with E-state index in [9.17, 15) is 0 Å². The van der Waals surface area contributed by atoms with E-state index in [1.807, 2.05) is 7.05 Å². The molecule has 1 aromatic heterocycles. The Balaban J connectivity index is 2.82. The Morgan fingerprint density at radius 1 is 1.90 bits per heavy atom. The van der Waals surface area contributed by atoms with Gasteiger partial charge in [-0.25, -0.2) is 4.98 Å². The number of hydrogen-bond acceptors (Lipinski definition) is 3. The van der Waals surface area contributed by atoms with Crippen LogP contribution in [0.15, 0.2) is 12.5 Å². The Kier molecular flexibility index (Phi) is 2.03. The smallest absolute Gasteiger partial charge is 0.0946 e. The molecule has 56 valence electrons. The van der Waals surface area contributed by atoms with Crippen LogP contribution in [-0.2, 0) is 7.05 Å². The number of nitrogens with zero attached hydrogens (tertiary/aromatic N) is 2. The first-order valence-corrected chi connectivity index (χ1v) is 3.08. The summed E-state index contributed by atoms with van der Waals surface area (Å²) in [5.74, 6) is 0. The fraction of sp³-hybridized carbons (Fsp3) is 0.500. The molecule has 0 aliphatic carbocycles. The number of aryl methyl sites for hydroxylation is 1. The zero-order valence-corrected chi connectivity index (χ0v) is 5.86. The minimum atomic E-state index is -0.313. The van der Waals surface area contributed by atoms with Crippen molar-refractivity contribution in [2.45, 2.75) is 6.04 Å². The van der Waals surface area contributed by atoms with Crippen molar-refractivity contribution >= 4 is 0 Å². The number of aromatic nitrogens is 2. The summed E-state index contributed by atoms with van der Waals surface area (Å²) in [6.07, 6.45) is 3.31. The molecule has 0 spiro atoms. The minimum Gasteiger partial charge on any atom is -0.394 e. The molecule has 0 aliphatic heterocycles. The van der Waals surface area contributed by atoms with Gasteiger partial charge in [0, 0.05) is 13.2 Å². The molecule has 1 unspecified atom stereocenters. The molecule has 1 heterocycles. The Bertz CT molecular complexity index is 209. The molecule has 1 atom stereocenters. The highest BCUT2D eigenvalue weighted by atomic mass is 16.3. The summed E-state index contributed by atoms with van der Waals surface area (Å²) in [7, 11) is 1.85. The third kappa shape index (κ3) is 1.17. The van der Waals surface area contributed by atoms with E-state index in [0.29, 0.717) is 0 Å². The molecule has 10 heavy (non-hydrogen) atoms. The van der Waals surface area contributed by atoms with Crippen molar-refractivity contribution in [2.24, 2.45) is 12.8 Å². The molecule has 4 nitrogen and oxygen atoms in total. The van der Waals surface area contributed by atoms with Crippen LogP contribution in [0.3, 0.4) is 0 Å². The average Bonchev–Trinajstić information content (AvgIpc) is 2.34. The van der Waals surface area contributed by atoms with Gasteiger partial charge in [0.1, 0.15) is 0 Å². The summed E-state index contributed by atoms with van der Waals surface area (Å²) in [5.41, 5.74) is 6.38. The van der Waals surface area contributed by atoms with Gasteiger partial charge in [0.25, 0.3) is 0 Å². The highest BCUT2D eigenvalue weighted by molar-refractivity contribution is 5.03. The monoisotopic (exact) mass is 141 g/mol. The van der Waals surface area contributed by atoms with Gasteiger partial charge in [-0.1, -0.05) is 0 Å². The number of rotatable bonds is 2. The first kappa shape index (κ1) is 7.24. The SMILES string of the molecule is Cn1cncc1C(N)CO. The second-order valence-corrected chi connectivity index (χ2v) is 2.22. The molecule has 0 saturated heterocycles. The van der Waals surface area contributed by atoms with Crippen molar-refractivity contribution in [2.75, 3.05) is 6.61 Å². The molecule has 0 bridgehead atoms. The fourth-order valence-electron chi connectivity index (χ4n) is 0.818. The van der Waals surface area contributed by atoms with E-state index in [1.165, 1.54) is 0 Å². The molecule has 4 heteroatoms. The van der Waals surface area contributed by atoms with Crippen LogP contribution in [0.2, 0.25) is 0 Å². The topological polar surface area (TPSA) is 64.1 Å². The van der Waals surface area contributed by atoms with E-state index in [1.54, 1.807) is 17.1 Å². The molecule has 0 radical (unpaired) electrons. The summed E-state index contributed by atoms with van der Waals surface area (Å²) in [4.78, 5) is 3.86. The van der Waals surface area contributed by atoms with E-state index >= 15 is 0 Å². The number of imidazole rings is 1. The van der Waals surface area contributed by atoms with Crippen LogP contribution in [0.1, 0.15) is 11.7 Å². The van der Waals surface area contributed by atoms with Gasteiger partial charge < -0.3 is 15.4 Å². The summed E-state index contributed by atoms with van der Waals surface area (Å²) in [6.45, 7) is -0.0421. The zero-order chi connectivity index (χ0) is 7.56. The van der Waals surface area contributed by atoms with E-state index in [-0.39, 0.29) is 12.6 Å². The van der Waals surface area contributed by atoms with Crippen molar-refractivity contribution < 1.29 is 5.11 Å². The van der Waals surface area contributed by atoms with Gasteiger partial charge in [-0.15, -0.1) is 0 Å². The Morgan fingerprint density at radius 2 is 2.60 bits per heavy atom. The van der Waals surface area contributed by atoms with Crippen LogP contribution in [0.4, 0.5) is 0 Å². The second-order valence-electron chi connectivity index (χ2n) is 2.22. The van der Waals surface area contributed by atoms with Gasteiger partial charge in [-0.3, -0.25) is 0 Å². The lowest BCUT2D eigenvalue weighted by Gasteiger charge is -2.07. The summed E-state index contributed by atoms with van der Waals surface area (Å²) < 4.78 is 1.79. The van der Waals surface area contributed by atoms with Crippen molar-refractivity contribution in [3.8, 4) is 0 Å². The number of hydrogen-bond donors (Lipinski definition) is 2. The van der Waals surface area contributed by atoms with Crippen LogP contribution in [0, 0.1) is 0 Å². The predicted molar refractivity (Wildman–Crippen MR) is 37.2 cm³/mol. The molecule has 1 rings (SSSR count). The van der Waals surface area contributed by atoms with Crippen LogP contribution in [-0.4, -0.2) is 21.3 Å². The van der Waals surface area contributed by atoms with Crippen LogP contribution in [0.5, 0.6) is 0 Å². The average molecular weight is 141 g/mol. The molecule has 1 aromatic rings. The van der Waals surface area contributed by atoms with Crippen molar-refractivity contribution in [1.82, 2.24) is 9.55 Å². The normalized spacial score (nSPS) is 13.5. The lowest BCUT2D eigenvalue weighted by Crippen LogP contribution is -2.17. The van der Waals surface area contributed by atoms with Gasteiger partial charge in [0.05, 0.1) is 24.7 Å². The Morgan fingerprint density at radius 3 is 3.00 bits per heavy atom. The van der Waals surface area contributed by atoms with Gasteiger partial charge in [0.2, 0.25) is 0 Å². The van der Waals surface area contributed by atoms with Crippen LogP contribution < -0.4 is 5.73 Å². The van der Waals surface area contributed by atoms with Crippen molar-refractivity contribution in [1.29, 1.82) is 0 Å². The maximum Gasteiger partial charge on any atom is 0.0946 e. The first-order valence-electron chi connectivity index (χ1n) is 3.08. The van der Waals surface area contributed by atoms with E-state index in [2.05, 4.69) is 4.98 Å². The standard InChI is InChI=1S/C6H11N3O/c1-9-4-8-2-6(9)5(7)3-10/h2,4-5,10H,3,7H2,1H3. The summed E-state index contributed by atoms with van der Waals surface area (Å²) in [5, 5.41) is 8.66. The summed E-state index contributed by atoms with van der Waals surface area (Å²) in [6, 6.07) is -0.313. The lowest BCUT2D eigenvalue weighted by molar-refractivity contribution is 0.264. The minimum absolute atomic E-state index is 0.0421. The van der Waals surface area contributed by atoms with Gasteiger partial charge >= 0.3 is 0 Å². The Labute approximate surface area is 59.3 Å². The third-order valence-corrected chi connectivity index (χ3v) is 1.43. The quantitative estimate of drug-likeness (QED) is 0.578. The van der Waals surface area contributed by atoms with E-state index in [4.69, 9.17) is 10.8 Å². The van der Waals surface area contributed by atoms with Gasteiger partial charge in [-0.2, -0.15) is 0 Å². The fourth-order valence-corrected chi connectivity index (χ4v) is 0.818. The summed E-state index contributed by atoms with van der Waals surface area (Å²) >= 11 is 0. The molecule has 0 amide bonds. The number of aliphatic hydroxyl groups excluding tert-OH is 1. The van der Waals surface area contributed by atoms with Gasteiger partial charge in [0.15, 0.2) is 0 Å². The zero-order valence-electron chi connectivity index (χ0n) is 5.86. The van der Waals surface area contributed by atoms with Gasteiger partial charge in [-0.05, 0) is 0 Å². The largest absolute Gasteiger partial charge is 0.394 e. The maximum absolute atomic E-state index is 8.66. The van der Waals surface area contributed by atoms with Crippen LogP contribution in [0.25, 0.3) is 0 Å². The van der Waals surface area contributed by atoms with E-state index < -0.39 is 0 Å². The lowest BCUT2D eigenvalue weighted by atomic mass is 10.2. The molecule has 0 fully saturated rings. The highest BCUT2D eigenvalue weighted by Gasteiger charge is 2.06. The number of aliphatic hydroxyl groups is 1. The molecule has 0 aliphatic rings. The first-order chi connectivity index (χ1) is 4.75. The maximum atomic E-state index is 8.66. The molecule has 0 aromatic carbocycles.